The fourth-order valence-electron chi connectivity index (χ4n) is 3.44. The number of aromatic nitrogens is 2. The van der Waals surface area contributed by atoms with Crippen molar-refractivity contribution in [1.82, 2.24) is 9.78 Å². The van der Waals surface area contributed by atoms with Gasteiger partial charge in [-0.2, -0.15) is 15.0 Å². The molecule has 0 spiro atoms. The number of benzene rings is 1. The number of ether oxygens (including phenoxy) is 1. The van der Waals surface area contributed by atoms with Crippen LogP contribution in [0.3, 0.4) is 0 Å². The number of para-hydroxylation sites is 2. The molecule has 3 rings (SSSR count). The van der Waals surface area contributed by atoms with Gasteiger partial charge in [-0.15, -0.1) is 0 Å². The Balaban J connectivity index is 1.70. The van der Waals surface area contributed by atoms with Crippen LogP contribution in [0, 0.1) is 25.2 Å². The fourth-order valence-corrected chi connectivity index (χ4v) is 3.44. The van der Waals surface area contributed by atoms with Crippen molar-refractivity contribution in [3.8, 4) is 11.8 Å². The maximum atomic E-state index is 12.5. The predicted molar refractivity (Wildman–Crippen MR) is 103 cm³/mol. The fraction of sp³-hybridized carbons (Fsp3) is 0.450. The van der Waals surface area contributed by atoms with E-state index in [9.17, 15) is 10.1 Å². The molecule has 1 aliphatic rings. The van der Waals surface area contributed by atoms with Crippen molar-refractivity contribution in [2.24, 2.45) is 0 Å². The molecule has 0 amide bonds. The van der Waals surface area contributed by atoms with Crippen LogP contribution in [0.25, 0.3) is 0 Å². The topological polar surface area (TPSA) is 75.6 Å². The number of quaternary nitrogens is 1. The Kier molecular flexibility index (Phi) is 5.77. The minimum Gasteiger partial charge on any atom is -0.492 e. The standard InChI is InChI=1S/C20H25N5O2/c1-4-27-19-8-6-5-7-18(19)24-11-9-23(10-12-24)14-25-20(26)17(13-21)15(2)16(3)22-25/h5-8H,4,9-12,14H2,1-3H3/p+1. The number of rotatable bonds is 5. The van der Waals surface area contributed by atoms with Crippen molar-refractivity contribution in [3.05, 3.63) is 51.4 Å². The van der Waals surface area contributed by atoms with Gasteiger partial charge < -0.3 is 14.5 Å². The highest BCUT2D eigenvalue weighted by Crippen LogP contribution is 2.27. The van der Waals surface area contributed by atoms with Gasteiger partial charge in [-0.05, 0) is 38.5 Å². The van der Waals surface area contributed by atoms with E-state index in [1.807, 2.05) is 38.1 Å². The third-order valence-electron chi connectivity index (χ3n) is 5.10. The molecule has 1 aliphatic heterocycles. The van der Waals surface area contributed by atoms with Crippen LogP contribution in [-0.2, 0) is 6.67 Å². The third kappa shape index (κ3) is 3.96. The Morgan fingerprint density at radius 3 is 2.63 bits per heavy atom. The summed E-state index contributed by atoms with van der Waals surface area (Å²) in [5.41, 5.74) is 2.43. The molecule has 7 heteroatoms. The molecule has 142 valence electrons. The Morgan fingerprint density at radius 2 is 1.96 bits per heavy atom. The van der Waals surface area contributed by atoms with E-state index in [0.29, 0.717) is 18.8 Å². The normalized spacial score (nSPS) is 14.8. The van der Waals surface area contributed by atoms with Gasteiger partial charge >= 0.3 is 0 Å². The van der Waals surface area contributed by atoms with E-state index in [4.69, 9.17) is 4.74 Å². The van der Waals surface area contributed by atoms with Crippen molar-refractivity contribution in [2.75, 3.05) is 37.7 Å². The van der Waals surface area contributed by atoms with Crippen LogP contribution in [0.5, 0.6) is 5.75 Å². The van der Waals surface area contributed by atoms with Crippen LogP contribution in [0.1, 0.15) is 23.7 Å². The maximum Gasteiger partial charge on any atom is 0.289 e. The lowest BCUT2D eigenvalue weighted by Crippen LogP contribution is -3.14. The molecular weight excluding hydrogens is 342 g/mol. The summed E-state index contributed by atoms with van der Waals surface area (Å²) in [7, 11) is 0. The molecule has 7 nitrogen and oxygen atoms in total. The van der Waals surface area contributed by atoms with Gasteiger partial charge in [0.05, 0.1) is 44.2 Å². The number of hydrogen-bond acceptors (Lipinski definition) is 5. The molecule has 0 aliphatic carbocycles. The summed E-state index contributed by atoms with van der Waals surface area (Å²) in [6.07, 6.45) is 0. The zero-order chi connectivity index (χ0) is 19.4. The molecule has 0 radical (unpaired) electrons. The lowest BCUT2D eigenvalue weighted by Gasteiger charge is -2.34. The van der Waals surface area contributed by atoms with Crippen LogP contribution in [-0.4, -0.2) is 42.6 Å². The summed E-state index contributed by atoms with van der Waals surface area (Å²) in [6.45, 7) is 10.3. The molecule has 0 bridgehead atoms. The van der Waals surface area contributed by atoms with Crippen LogP contribution < -0.4 is 20.1 Å². The number of aryl methyl sites for hydroxylation is 1. The number of anilines is 1. The number of nitrogens with zero attached hydrogens (tertiary/aromatic N) is 4. The minimum atomic E-state index is -0.294. The summed E-state index contributed by atoms with van der Waals surface area (Å²) >= 11 is 0. The Bertz CT molecular complexity index is 908. The largest absolute Gasteiger partial charge is 0.492 e. The van der Waals surface area contributed by atoms with Crippen LogP contribution in [0.4, 0.5) is 5.69 Å². The molecule has 0 atom stereocenters. The Hall–Kier alpha value is -2.85. The summed E-state index contributed by atoms with van der Waals surface area (Å²) in [6, 6.07) is 10.1. The highest BCUT2D eigenvalue weighted by atomic mass is 16.5. The second kappa shape index (κ2) is 8.23. The van der Waals surface area contributed by atoms with E-state index in [-0.39, 0.29) is 11.1 Å². The summed E-state index contributed by atoms with van der Waals surface area (Å²) in [4.78, 5) is 16.1. The molecule has 1 saturated heterocycles. The number of piperazine rings is 1. The first kappa shape index (κ1) is 18.9. The molecule has 1 N–H and O–H groups in total. The van der Waals surface area contributed by atoms with E-state index in [1.165, 1.54) is 9.58 Å². The molecule has 1 aromatic carbocycles. The molecule has 0 saturated carbocycles. The number of nitriles is 1. The molecule has 1 fully saturated rings. The maximum absolute atomic E-state index is 12.5. The van der Waals surface area contributed by atoms with E-state index in [2.05, 4.69) is 16.1 Å². The van der Waals surface area contributed by atoms with Crippen molar-refractivity contribution in [1.29, 1.82) is 5.26 Å². The van der Waals surface area contributed by atoms with Crippen molar-refractivity contribution in [3.63, 3.8) is 0 Å². The predicted octanol–water partition coefficient (Wildman–Crippen LogP) is 0.493. The van der Waals surface area contributed by atoms with E-state index >= 15 is 0 Å². The van der Waals surface area contributed by atoms with Gasteiger partial charge in [-0.1, -0.05) is 12.1 Å². The Morgan fingerprint density at radius 1 is 1.26 bits per heavy atom. The van der Waals surface area contributed by atoms with Crippen molar-refractivity contribution >= 4 is 5.69 Å². The molecule has 1 aromatic heterocycles. The van der Waals surface area contributed by atoms with Crippen molar-refractivity contribution < 1.29 is 9.64 Å². The molecule has 2 aromatic rings. The van der Waals surface area contributed by atoms with Gasteiger partial charge in [0.2, 0.25) is 0 Å². The highest BCUT2D eigenvalue weighted by Gasteiger charge is 2.23. The average molecular weight is 368 g/mol. The van der Waals surface area contributed by atoms with Gasteiger partial charge in [-0.3, -0.25) is 4.79 Å². The van der Waals surface area contributed by atoms with E-state index in [1.54, 1.807) is 6.92 Å². The second-order valence-electron chi connectivity index (χ2n) is 6.80. The van der Waals surface area contributed by atoms with Gasteiger partial charge in [0, 0.05) is 0 Å². The zero-order valence-electron chi connectivity index (χ0n) is 16.2. The number of nitrogens with one attached hydrogen (secondary N) is 1. The molecular formula is C20H26N5O2+. The highest BCUT2D eigenvalue weighted by molar-refractivity contribution is 5.58. The minimum absolute atomic E-state index is 0.200. The SMILES string of the molecule is CCOc1ccccc1N1CC[NH+](Cn2nc(C)c(C)c(C#N)c2=O)CC1. The van der Waals surface area contributed by atoms with Crippen LogP contribution >= 0.6 is 0 Å². The summed E-state index contributed by atoms with van der Waals surface area (Å²) in [5.74, 6) is 0.911. The third-order valence-corrected chi connectivity index (χ3v) is 5.10. The van der Waals surface area contributed by atoms with E-state index < -0.39 is 0 Å². The first-order valence-electron chi connectivity index (χ1n) is 9.34. The lowest BCUT2D eigenvalue weighted by molar-refractivity contribution is -0.924. The summed E-state index contributed by atoms with van der Waals surface area (Å²) < 4.78 is 7.19. The van der Waals surface area contributed by atoms with E-state index in [0.717, 1.165) is 43.3 Å². The smallest absolute Gasteiger partial charge is 0.289 e. The van der Waals surface area contributed by atoms with Crippen molar-refractivity contribution in [2.45, 2.75) is 27.4 Å². The lowest BCUT2D eigenvalue weighted by atomic mass is 10.1. The first-order valence-corrected chi connectivity index (χ1v) is 9.34. The van der Waals surface area contributed by atoms with Gasteiger partial charge in [0.15, 0.2) is 6.67 Å². The molecule has 0 unspecified atom stereocenters. The van der Waals surface area contributed by atoms with Gasteiger partial charge in [0.1, 0.15) is 17.4 Å². The Labute approximate surface area is 159 Å². The number of hydrogen-bond donors (Lipinski definition) is 1. The van der Waals surface area contributed by atoms with Crippen LogP contribution in [0.15, 0.2) is 29.1 Å². The first-order chi connectivity index (χ1) is 13.0. The summed E-state index contributed by atoms with van der Waals surface area (Å²) in [5, 5.41) is 13.7. The van der Waals surface area contributed by atoms with Gasteiger partial charge in [0.25, 0.3) is 5.56 Å². The molecule has 27 heavy (non-hydrogen) atoms. The van der Waals surface area contributed by atoms with Gasteiger partial charge in [-0.25, -0.2) is 0 Å². The monoisotopic (exact) mass is 368 g/mol. The zero-order valence-corrected chi connectivity index (χ0v) is 16.2. The second-order valence-corrected chi connectivity index (χ2v) is 6.80. The van der Waals surface area contributed by atoms with Crippen LogP contribution in [0.2, 0.25) is 0 Å². The average Bonchev–Trinajstić information content (AvgIpc) is 2.68. The quantitative estimate of drug-likeness (QED) is 0.832. The molecule has 2 heterocycles.